The van der Waals surface area contributed by atoms with Crippen molar-refractivity contribution < 1.29 is 9.84 Å². The second kappa shape index (κ2) is 5.01. The van der Waals surface area contributed by atoms with Crippen LogP contribution in [-0.4, -0.2) is 17.8 Å². The molecular weight excluding hydrogens is 176 g/mol. The van der Waals surface area contributed by atoms with Crippen molar-refractivity contribution in [3.63, 3.8) is 0 Å². The number of hydrogen-bond acceptors (Lipinski definition) is 2. The quantitative estimate of drug-likeness (QED) is 0.798. The maximum atomic E-state index is 9.03. The summed E-state index contributed by atoms with van der Waals surface area (Å²) < 4.78 is 5.35. The number of aliphatic hydroxyl groups is 1. The molecule has 1 N–H and O–H groups in total. The van der Waals surface area contributed by atoms with Crippen molar-refractivity contribution in [1.29, 1.82) is 0 Å². The number of hydrogen-bond donors (Lipinski definition) is 1. The van der Waals surface area contributed by atoms with E-state index in [9.17, 15) is 0 Å². The summed E-state index contributed by atoms with van der Waals surface area (Å²) in [7, 11) is 0. The van der Waals surface area contributed by atoms with Gasteiger partial charge in [0.2, 0.25) is 0 Å². The second-order valence-corrected chi connectivity index (χ2v) is 3.88. The molecule has 0 aliphatic rings. The van der Waals surface area contributed by atoms with Gasteiger partial charge in [-0.25, -0.2) is 0 Å². The Hall–Kier alpha value is -1.02. The molecule has 1 aromatic rings. The molecular formula is C12H18O2. The Balaban J connectivity index is 2.55. The van der Waals surface area contributed by atoms with Gasteiger partial charge in [0.25, 0.3) is 0 Å². The fourth-order valence-electron chi connectivity index (χ4n) is 1.17. The molecule has 2 nitrogen and oxygen atoms in total. The van der Waals surface area contributed by atoms with Crippen molar-refractivity contribution in [2.24, 2.45) is 0 Å². The normalized spacial score (nSPS) is 12.9. The Bertz CT molecular complexity index is 262. The smallest absolute Gasteiger partial charge is 0.119 e. The lowest BCUT2D eigenvalue weighted by Gasteiger charge is -2.09. The summed E-state index contributed by atoms with van der Waals surface area (Å²) in [5.74, 6) is 1.36. The molecule has 0 aliphatic heterocycles. The van der Waals surface area contributed by atoms with E-state index in [2.05, 4.69) is 26.0 Å². The number of benzene rings is 1. The molecule has 14 heavy (non-hydrogen) atoms. The van der Waals surface area contributed by atoms with Crippen LogP contribution in [0.1, 0.15) is 32.3 Å². The standard InChI is InChI=1S/C12H18O2/c1-9(2)11-4-6-12(7-5-11)14-8-10(3)13/h4-7,9-10,13H,8H2,1-3H3. The highest BCUT2D eigenvalue weighted by molar-refractivity contribution is 5.28. The Morgan fingerprint density at radius 3 is 2.14 bits per heavy atom. The van der Waals surface area contributed by atoms with Gasteiger partial charge in [-0.15, -0.1) is 0 Å². The van der Waals surface area contributed by atoms with Crippen molar-refractivity contribution >= 4 is 0 Å². The maximum absolute atomic E-state index is 9.03. The number of ether oxygens (including phenoxy) is 1. The summed E-state index contributed by atoms with van der Waals surface area (Å²) in [6.45, 7) is 6.38. The van der Waals surface area contributed by atoms with Crippen LogP contribution in [0, 0.1) is 0 Å². The van der Waals surface area contributed by atoms with Gasteiger partial charge >= 0.3 is 0 Å². The number of rotatable bonds is 4. The molecule has 0 amide bonds. The molecule has 2 heteroatoms. The lowest BCUT2D eigenvalue weighted by molar-refractivity contribution is 0.122. The van der Waals surface area contributed by atoms with Crippen LogP contribution in [0.2, 0.25) is 0 Å². The fraction of sp³-hybridized carbons (Fsp3) is 0.500. The van der Waals surface area contributed by atoms with Gasteiger partial charge in [0.1, 0.15) is 12.4 Å². The molecule has 78 valence electrons. The highest BCUT2D eigenvalue weighted by Crippen LogP contribution is 2.18. The molecule has 0 saturated heterocycles. The van der Waals surface area contributed by atoms with Gasteiger partial charge in [0.15, 0.2) is 0 Å². The Kier molecular flexibility index (Phi) is 3.96. The van der Waals surface area contributed by atoms with Crippen LogP contribution in [-0.2, 0) is 0 Å². The lowest BCUT2D eigenvalue weighted by atomic mass is 10.0. The van der Waals surface area contributed by atoms with E-state index >= 15 is 0 Å². The molecule has 0 fully saturated rings. The molecule has 1 aromatic carbocycles. The van der Waals surface area contributed by atoms with Crippen LogP contribution in [0.15, 0.2) is 24.3 Å². The van der Waals surface area contributed by atoms with Crippen LogP contribution in [0.3, 0.4) is 0 Å². The first-order chi connectivity index (χ1) is 6.59. The zero-order valence-electron chi connectivity index (χ0n) is 9.03. The highest BCUT2D eigenvalue weighted by Gasteiger charge is 2.00. The average molecular weight is 194 g/mol. The largest absolute Gasteiger partial charge is 0.491 e. The Morgan fingerprint density at radius 1 is 1.14 bits per heavy atom. The summed E-state index contributed by atoms with van der Waals surface area (Å²) >= 11 is 0. The summed E-state index contributed by atoms with van der Waals surface area (Å²) in [5, 5.41) is 9.03. The third kappa shape index (κ3) is 3.38. The van der Waals surface area contributed by atoms with E-state index in [1.165, 1.54) is 5.56 Å². The zero-order chi connectivity index (χ0) is 10.6. The van der Waals surface area contributed by atoms with Gasteiger partial charge < -0.3 is 9.84 Å². The van der Waals surface area contributed by atoms with E-state index in [0.29, 0.717) is 12.5 Å². The maximum Gasteiger partial charge on any atom is 0.119 e. The first-order valence-electron chi connectivity index (χ1n) is 5.00. The predicted octanol–water partition coefficient (Wildman–Crippen LogP) is 2.57. The molecule has 0 aromatic heterocycles. The summed E-state index contributed by atoms with van der Waals surface area (Å²) in [5.41, 5.74) is 1.30. The lowest BCUT2D eigenvalue weighted by Crippen LogP contribution is -2.12. The first kappa shape index (κ1) is 11.1. The first-order valence-corrected chi connectivity index (χ1v) is 5.00. The van der Waals surface area contributed by atoms with Gasteiger partial charge in [-0.2, -0.15) is 0 Å². The van der Waals surface area contributed by atoms with Crippen LogP contribution >= 0.6 is 0 Å². The average Bonchev–Trinajstić information content (AvgIpc) is 2.15. The Morgan fingerprint density at radius 2 is 1.71 bits per heavy atom. The third-order valence-corrected chi connectivity index (χ3v) is 2.04. The number of aliphatic hydroxyl groups excluding tert-OH is 1. The van der Waals surface area contributed by atoms with E-state index in [1.807, 2.05) is 12.1 Å². The fourth-order valence-corrected chi connectivity index (χ4v) is 1.17. The monoisotopic (exact) mass is 194 g/mol. The zero-order valence-corrected chi connectivity index (χ0v) is 9.03. The van der Waals surface area contributed by atoms with Crippen LogP contribution in [0.5, 0.6) is 5.75 Å². The third-order valence-electron chi connectivity index (χ3n) is 2.04. The molecule has 1 unspecified atom stereocenters. The minimum atomic E-state index is -0.417. The van der Waals surface area contributed by atoms with E-state index in [4.69, 9.17) is 9.84 Å². The summed E-state index contributed by atoms with van der Waals surface area (Å²) in [6.07, 6.45) is -0.417. The highest BCUT2D eigenvalue weighted by atomic mass is 16.5. The van der Waals surface area contributed by atoms with E-state index < -0.39 is 6.10 Å². The molecule has 1 rings (SSSR count). The van der Waals surface area contributed by atoms with Crippen molar-refractivity contribution in [3.05, 3.63) is 29.8 Å². The minimum absolute atomic E-state index is 0.348. The molecule has 0 radical (unpaired) electrons. The van der Waals surface area contributed by atoms with Crippen molar-refractivity contribution in [2.45, 2.75) is 32.8 Å². The van der Waals surface area contributed by atoms with Crippen molar-refractivity contribution in [2.75, 3.05) is 6.61 Å². The van der Waals surface area contributed by atoms with Gasteiger partial charge in [0.05, 0.1) is 6.10 Å². The minimum Gasteiger partial charge on any atom is -0.491 e. The van der Waals surface area contributed by atoms with Crippen molar-refractivity contribution in [3.8, 4) is 5.75 Å². The van der Waals surface area contributed by atoms with Gasteiger partial charge in [0, 0.05) is 0 Å². The molecule has 0 bridgehead atoms. The van der Waals surface area contributed by atoms with Crippen LogP contribution in [0.4, 0.5) is 0 Å². The SMILES string of the molecule is CC(O)COc1ccc(C(C)C)cc1. The Labute approximate surface area is 85.5 Å². The van der Waals surface area contributed by atoms with Gasteiger partial charge in [-0.05, 0) is 30.5 Å². The van der Waals surface area contributed by atoms with Crippen LogP contribution < -0.4 is 4.74 Å². The molecule has 0 saturated carbocycles. The van der Waals surface area contributed by atoms with Gasteiger partial charge in [-0.1, -0.05) is 26.0 Å². The molecule has 0 heterocycles. The molecule has 1 atom stereocenters. The summed E-state index contributed by atoms with van der Waals surface area (Å²) in [6, 6.07) is 8.00. The van der Waals surface area contributed by atoms with Crippen LogP contribution in [0.25, 0.3) is 0 Å². The predicted molar refractivity (Wildman–Crippen MR) is 57.7 cm³/mol. The van der Waals surface area contributed by atoms with E-state index in [1.54, 1.807) is 6.92 Å². The summed E-state index contributed by atoms with van der Waals surface area (Å²) in [4.78, 5) is 0. The van der Waals surface area contributed by atoms with E-state index in [0.717, 1.165) is 5.75 Å². The van der Waals surface area contributed by atoms with Gasteiger partial charge in [-0.3, -0.25) is 0 Å². The topological polar surface area (TPSA) is 29.5 Å². The molecule has 0 spiro atoms. The second-order valence-electron chi connectivity index (χ2n) is 3.88. The molecule has 0 aliphatic carbocycles. The van der Waals surface area contributed by atoms with Crippen molar-refractivity contribution in [1.82, 2.24) is 0 Å². The van der Waals surface area contributed by atoms with E-state index in [-0.39, 0.29) is 0 Å².